The lowest BCUT2D eigenvalue weighted by molar-refractivity contribution is 0.564. The van der Waals surface area contributed by atoms with Crippen molar-refractivity contribution in [1.29, 1.82) is 0 Å². The van der Waals surface area contributed by atoms with Gasteiger partial charge in [-0.2, -0.15) is 0 Å². The van der Waals surface area contributed by atoms with E-state index in [0.717, 1.165) is 12.8 Å². The average Bonchev–Trinajstić information content (AvgIpc) is 2.48. The quantitative estimate of drug-likeness (QED) is 0.858. The maximum atomic E-state index is 6.35. The zero-order valence-electron chi connectivity index (χ0n) is 11.8. The van der Waals surface area contributed by atoms with Gasteiger partial charge in [-0.3, -0.25) is 0 Å². The SMILES string of the molecule is CCc1ccc(CC(N)C(C)c2ccccc2)cc1. The molecule has 0 aliphatic rings. The Labute approximate surface area is 116 Å². The van der Waals surface area contributed by atoms with Gasteiger partial charge < -0.3 is 5.73 Å². The van der Waals surface area contributed by atoms with Crippen LogP contribution in [0.3, 0.4) is 0 Å². The van der Waals surface area contributed by atoms with Crippen LogP contribution >= 0.6 is 0 Å². The molecule has 1 heteroatoms. The predicted molar refractivity (Wildman–Crippen MR) is 82.4 cm³/mol. The van der Waals surface area contributed by atoms with Gasteiger partial charge in [-0.05, 0) is 35.4 Å². The van der Waals surface area contributed by atoms with Crippen LogP contribution in [0, 0.1) is 0 Å². The molecule has 19 heavy (non-hydrogen) atoms. The number of rotatable bonds is 5. The molecule has 2 aromatic carbocycles. The van der Waals surface area contributed by atoms with Crippen LogP contribution in [0.1, 0.15) is 36.5 Å². The topological polar surface area (TPSA) is 26.0 Å². The summed E-state index contributed by atoms with van der Waals surface area (Å²) in [6.45, 7) is 4.39. The molecule has 0 aliphatic heterocycles. The van der Waals surface area contributed by atoms with Gasteiger partial charge in [0.1, 0.15) is 0 Å². The highest BCUT2D eigenvalue weighted by atomic mass is 14.6. The summed E-state index contributed by atoms with van der Waals surface area (Å²) in [7, 11) is 0. The highest BCUT2D eigenvalue weighted by Gasteiger charge is 2.14. The molecule has 0 saturated heterocycles. The molecule has 2 aromatic rings. The Kier molecular flexibility index (Phi) is 4.75. The molecule has 2 unspecified atom stereocenters. The van der Waals surface area contributed by atoms with Crippen molar-refractivity contribution in [3.05, 3.63) is 71.3 Å². The third-order valence-electron chi connectivity index (χ3n) is 3.87. The first-order valence-electron chi connectivity index (χ1n) is 7.09. The Morgan fingerprint density at radius 2 is 1.47 bits per heavy atom. The maximum Gasteiger partial charge on any atom is 0.0146 e. The van der Waals surface area contributed by atoms with Crippen LogP contribution in [0.5, 0.6) is 0 Å². The molecule has 0 amide bonds. The van der Waals surface area contributed by atoms with E-state index in [9.17, 15) is 0 Å². The molecule has 1 nitrogen and oxygen atoms in total. The number of nitrogens with two attached hydrogens (primary N) is 1. The van der Waals surface area contributed by atoms with Crippen LogP contribution in [0.4, 0.5) is 0 Å². The molecular formula is C18H23N. The number of aryl methyl sites for hydroxylation is 1. The van der Waals surface area contributed by atoms with E-state index in [0.29, 0.717) is 5.92 Å². The second kappa shape index (κ2) is 6.53. The van der Waals surface area contributed by atoms with Crippen molar-refractivity contribution in [2.75, 3.05) is 0 Å². The van der Waals surface area contributed by atoms with E-state index >= 15 is 0 Å². The van der Waals surface area contributed by atoms with E-state index in [4.69, 9.17) is 5.73 Å². The van der Waals surface area contributed by atoms with Crippen molar-refractivity contribution in [1.82, 2.24) is 0 Å². The van der Waals surface area contributed by atoms with Gasteiger partial charge >= 0.3 is 0 Å². The minimum Gasteiger partial charge on any atom is -0.327 e. The Morgan fingerprint density at radius 1 is 0.895 bits per heavy atom. The van der Waals surface area contributed by atoms with Gasteiger partial charge in [-0.1, -0.05) is 68.4 Å². The lowest BCUT2D eigenvalue weighted by atomic mass is 9.89. The van der Waals surface area contributed by atoms with E-state index in [1.165, 1.54) is 16.7 Å². The second-order valence-corrected chi connectivity index (χ2v) is 5.24. The summed E-state index contributed by atoms with van der Waals surface area (Å²) in [6, 6.07) is 19.5. The fraction of sp³-hybridized carbons (Fsp3) is 0.333. The number of hydrogen-bond donors (Lipinski definition) is 1. The molecule has 2 atom stereocenters. The van der Waals surface area contributed by atoms with E-state index in [1.54, 1.807) is 0 Å². The molecule has 2 rings (SSSR count). The zero-order chi connectivity index (χ0) is 13.7. The molecule has 0 aliphatic carbocycles. The van der Waals surface area contributed by atoms with Crippen LogP contribution in [-0.2, 0) is 12.8 Å². The third-order valence-corrected chi connectivity index (χ3v) is 3.87. The molecule has 2 N–H and O–H groups in total. The van der Waals surface area contributed by atoms with Crippen LogP contribution in [-0.4, -0.2) is 6.04 Å². The largest absolute Gasteiger partial charge is 0.327 e. The second-order valence-electron chi connectivity index (χ2n) is 5.24. The van der Waals surface area contributed by atoms with Gasteiger partial charge in [0.05, 0.1) is 0 Å². The summed E-state index contributed by atoms with van der Waals surface area (Å²) in [5.74, 6) is 0.382. The van der Waals surface area contributed by atoms with Crippen molar-refractivity contribution in [2.45, 2.75) is 38.6 Å². The van der Waals surface area contributed by atoms with E-state index in [-0.39, 0.29) is 6.04 Å². The molecule has 100 valence electrons. The smallest absolute Gasteiger partial charge is 0.0146 e. The predicted octanol–water partition coefficient (Wildman–Crippen LogP) is 3.92. The maximum absolute atomic E-state index is 6.35. The Balaban J connectivity index is 2.01. The van der Waals surface area contributed by atoms with Crippen LogP contribution < -0.4 is 5.73 Å². The number of hydrogen-bond acceptors (Lipinski definition) is 1. The van der Waals surface area contributed by atoms with Gasteiger partial charge in [0.2, 0.25) is 0 Å². The summed E-state index contributed by atoms with van der Waals surface area (Å²) < 4.78 is 0. The Bertz CT molecular complexity index is 487. The van der Waals surface area contributed by atoms with Crippen molar-refractivity contribution in [3.8, 4) is 0 Å². The van der Waals surface area contributed by atoms with Crippen LogP contribution in [0.15, 0.2) is 54.6 Å². The van der Waals surface area contributed by atoms with E-state index in [2.05, 4.69) is 62.4 Å². The molecule has 0 saturated carbocycles. The molecular weight excluding hydrogens is 230 g/mol. The van der Waals surface area contributed by atoms with Crippen molar-refractivity contribution < 1.29 is 0 Å². The Morgan fingerprint density at radius 3 is 2.05 bits per heavy atom. The first-order chi connectivity index (χ1) is 9.20. The van der Waals surface area contributed by atoms with Crippen LogP contribution in [0.25, 0.3) is 0 Å². The summed E-state index contributed by atoms with van der Waals surface area (Å²) in [4.78, 5) is 0. The third kappa shape index (κ3) is 3.68. The summed E-state index contributed by atoms with van der Waals surface area (Å²) in [5, 5.41) is 0. The molecule has 0 bridgehead atoms. The van der Waals surface area contributed by atoms with Crippen molar-refractivity contribution >= 4 is 0 Å². The molecule has 0 aromatic heterocycles. The van der Waals surface area contributed by atoms with E-state index < -0.39 is 0 Å². The molecule has 0 spiro atoms. The Hall–Kier alpha value is -1.60. The monoisotopic (exact) mass is 253 g/mol. The van der Waals surface area contributed by atoms with Crippen molar-refractivity contribution in [2.24, 2.45) is 5.73 Å². The van der Waals surface area contributed by atoms with Crippen molar-refractivity contribution in [3.63, 3.8) is 0 Å². The first kappa shape index (κ1) is 13.8. The van der Waals surface area contributed by atoms with Gasteiger partial charge in [-0.15, -0.1) is 0 Å². The lowest BCUT2D eigenvalue weighted by Crippen LogP contribution is -2.29. The van der Waals surface area contributed by atoms with Gasteiger partial charge in [-0.25, -0.2) is 0 Å². The average molecular weight is 253 g/mol. The zero-order valence-corrected chi connectivity index (χ0v) is 11.8. The lowest BCUT2D eigenvalue weighted by Gasteiger charge is -2.20. The molecule has 0 radical (unpaired) electrons. The van der Waals surface area contributed by atoms with Gasteiger partial charge in [0.15, 0.2) is 0 Å². The highest BCUT2D eigenvalue weighted by Crippen LogP contribution is 2.20. The fourth-order valence-corrected chi connectivity index (χ4v) is 2.36. The molecule has 0 heterocycles. The normalized spacial score (nSPS) is 14.1. The molecule has 0 fully saturated rings. The van der Waals surface area contributed by atoms with Gasteiger partial charge in [0.25, 0.3) is 0 Å². The fourth-order valence-electron chi connectivity index (χ4n) is 2.36. The summed E-state index contributed by atoms with van der Waals surface area (Å²) in [6.07, 6.45) is 2.02. The van der Waals surface area contributed by atoms with Gasteiger partial charge in [0, 0.05) is 6.04 Å². The number of benzene rings is 2. The van der Waals surface area contributed by atoms with E-state index in [1.807, 2.05) is 6.07 Å². The summed E-state index contributed by atoms with van der Waals surface area (Å²) >= 11 is 0. The minimum absolute atomic E-state index is 0.162. The highest BCUT2D eigenvalue weighted by molar-refractivity contribution is 5.25. The van der Waals surface area contributed by atoms with Crippen LogP contribution in [0.2, 0.25) is 0 Å². The first-order valence-corrected chi connectivity index (χ1v) is 7.09. The summed E-state index contributed by atoms with van der Waals surface area (Å²) in [5.41, 5.74) is 10.4. The standard InChI is InChI=1S/C18H23N/c1-3-15-9-11-16(12-10-15)13-18(19)14(2)17-7-5-4-6-8-17/h4-12,14,18H,3,13,19H2,1-2H3. The minimum atomic E-state index is 0.162.